The summed E-state index contributed by atoms with van der Waals surface area (Å²) in [4.78, 5) is 0. The van der Waals surface area contributed by atoms with Crippen molar-refractivity contribution in [2.24, 2.45) is 47.3 Å². The summed E-state index contributed by atoms with van der Waals surface area (Å²) < 4.78 is 0. The molecule has 0 amide bonds. The highest BCUT2D eigenvalue weighted by Crippen LogP contribution is 2.48. The zero-order valence-electron chi connectivity index (χ0n) is 61.7. The lowest BCUT2D eigenvalue weighted by Gasteiger charge is -2.38. The molecule has 0 spiro atoms. The Bertz CT molecular complexity index is 4060. The minimum atomic E-state index is 0.396. The maximum absolute atomic E-state index is 2.44. The van der Waals surface area contributed by atoms with Crippen LogP contribution in [0.1, 0.15) is 243 Å². The Morgan fingerprint density at radius 1 is 0.370 bits per heavy atom. The Balaban J connectivity index is 0.000000128. The fourth-order valence-corrected chi connectivity index (χ4v) is 19.1. The van der Waals surface area contributed by atoms with E-state index in [0.29, 0.717) is 17.8 Å². The topological polar surface area (TPSA) is 0 Å². The molecule has 0 aliphatic heterocycles. The van der Waals surface area contributed by atoms with Gasteiger partial charge in [0, 0.05) is 17.8 Å². The third kappa shape index (κ3) is 16.8. The highest BCUT2D eigenvalue weighted by atomic mass is 14.4. The van der Waals surface area contributed by atoms with Gasteiger partial charge in [-0.1, -0.05) is 310 Å². The molecular formula is C100H116. The average molecular weight is 1320 g/mol. The second-order valence-electron chi connectivity index (χ2n) is 32.4. The molecule has 0 heterocycles. The molecule has 0 aromatic heterocycles. The van der Waals surface area contributed by atoms with Crippen LogP contribution in [-0.4, -0.2) is 0 Å². The summed E-state index contributed by atoms with van der Waals surface area (Å²) in [6.45, 7) is 11.5. The Kier molecular flexibility index (Phi) is 23.3. The summed E-state index contributed by atoms with van der Waals surface area (Å²) in [7, 11) is 0. The van der Waals surface area contributed by atoms with E-state index in [4.69, 9.17) is 0 Å². The van der Waals surface area contributed by atoms with E-state index in [1.165, 1.54) is 230 Å². The van der Waals surface area contributed by atoms with Gasteiger partial charge >= 0.3 is 0 Å². The van der Waals surface area contributed by atoms with Crippen LogP contribution in [-0.2, 0) is 32.1 Å². The quantitative estimate of drug-likeness (QED) is 0.0729. The van der Waals surface area contributed by atoms with Gasteiger partial charge in [-0.25, -0.2) is 0 Å². The van der Waals surface area contributed by atoms with E-state index in [-0.39, 0.29) is 0 Å². The molecule has 3 atom stereocenters. The van der Waals surface area contributed by atoms with Gasteiger partial charge in [-0.2, -0.15) is 0 Å². The van der Waals surface area contributed by atoms with Crippen LogP contribution in [0.5, 0.6) is 0 Å². The molecule has 11 aliphatic carbocycles. The van der Waals surface area contributed by atoms with Gasteiger partial charge in [0.2, 0.25) is 0 Å². The first-order valence-electron chi connectivity index (χ1n) is 40.4. The highest BCUT2D eigenvalue weighted by molar-refractivity contribution is 5.80. The number of allylic oxidation sites excluding steroid dienone is 28. The van der Waals surface area contributed by atoms with Crippen LogP contribution in [0.4, 0.5) is 0 Å². The van der Waals surface area contributed by atoms with Crippen LogP contribution in [0.25, 0.3) is 11.1 Å². The van der Waals surface area contributed by atoms with Gasteiger partial charge in [0.05, 0.1) is 0 Å². The molecule has 0 bridgehead atoms. The smallest absolute Gasteiger partial charge is 0.0281 e. The molecule has 100 heavy (non-hydrogen) atoms. The van der Waals surface area contributed by atoms with Crippen LogP contribution in [0, 0.1) is 47.3 Å². The molecule has 4 fully saturated rings. The van der Waals surface area contributed by atoms with E-state index >= 15 is 0 Å². The number of fused-ring (bicyclic) bond motifs is 3. The van der Waals surface area contributed by atoms with Gasteiger partial charge in [0.15, 0.2) is 0 Å². The largest absolute Gasteiger partial charge is 0.0836 e. The van der Waals surface area contributed by atoms with Gasteiger partial charge in [-0.05, 0) is 281 Å². The van der Waals surface area contributed by atoms with Crippen LogP contribution in [0.2, 0.25) is 0 Å². The fraction of sp³-hybridized carbons (Fsp3) is 0.420. The molecule has 5 aromatic carbocycles. The van der Waals surface area contributed by atoms with Crippen LogP contribution in [0.15, 0.2) is 275 Å². The van der Waals surface area contributed by atoms with E-state index < -0.39 is 0 Å². The summed E-state index contributed by atoms with van der Waals surface area (Å²) in [5, 5.41) is 0. The van der Waals surface area contributed by atoms with E-state index in [1.54, 1.807) is 16.7 Å². The van der Waals surface area contributed by atoms with E-state index in [9.17, 15) is 0 Å². The second-order valence-corrected chi connectivity index (χ2v) is 32.4. The summed E-state index contributed by atoms with van der Waals surface area (Å²) >= 11 is 0. The molecule has 0 heteroatoms. The van der Waals surface area contributed by atoms with E-state index in [0.717, 1.165) is 79.4 Å². The van der Waals surface area contributed by atoms with Crippen molar-refractivity contribution in [2.45, 2.75) is 219 Å². The van der Waals surface area contributed by atoms with Gasteiger partial charge < -0.3 is 0 Å². The normalized spacial score (nSPS) is 25.7. The van der Waals surface area contributed by atoms with Crippen molar-refractivity contribution >= 4 is 11.1 Å². The van der Waals surface area contributed by atoms with Crippen molar-refractivity contribution in [3.8, 4) is 0 Å². The Morgan fingerprint density at radius 3 is 1.25 bits per heavy atom. The van der Waals surface area contributed by atoms with Gasteiger partial charge in [0.1, 0.15) is 0 Å². The third-order valence-corrected chi connectivity index (χ3v) is 25.6. The molecule has 11 aliphatic rings. The molecular weight excluding hydrogens is 1200 g/mol. The molecule has 0 nitrogen and oxygen atoms in total. The first-order chi connectivity index (χ1) is 49.2. The van der Waals surface area contributed by atoms with Crippen LogP contribution >= 0.6 is 0 Å². The van der Waals surface area contributed by atoms with Crippen molar-refractivity contribution in [1.82, 2.24) is 0 Å². The molecule has 3 unspecified atom stereocenters. The molecule has 0 saturated heterocycles. The van der Waals surface area contributed by atoms with Crippen molar-refractivity contribution < 1.29 is 0 Å². The minimum absolute atomic E-state index is 0.396. The van der Waals surface area contributed by atoms with Gasteiger partial charge in [0.25, 0.3) is 0 Å². The first kappa shape index (κ1) is 69.5. The predicted molar refractivity (Wildman–Crippen MR) is 429 cm³/mol. The molecule has 0 radical (unpaired) electrons. The molecule has 4 saturated carbocycles. The Labute approximate surface area is 604 Å². The van der Waals surface area contributed by atoms with E-state index in [1.807, 2.05) is 0 Å². The van der Waals surface area contributed by atoms with Gasteiger partial charge in [-0.15, -0.1) is 0 Å². The van der Waals surface area contributed by atoms with Crippen molar-refractivity contribution in [2.75, 3.05) is 0 Å². The summed E-state index contributed by atoms with van der Waals surface area (Å²) in [6.07, 6.45) is 76.8. The summed E-state index contributed by atoms with van der Waals surface area (Å²) in [5.74, 6) is 8.48. The number of rotatable bonds is 20. The Hall–Kier alpha value is -7.54. The summed E-state index contributed by atoms with van der Waals surface area (Å²) in [6, 6.07) is 47.1. The number of aryl methyl sites for hydroxylation is 2. The Morgan fingerprint density at radius 2 is 0.810 bits per heavy atom. The first-order valence-corrected chi connectivity index (χ1v) is 40.4. The summed E-state index contributed by atoms with van der Waals surface area (Å²) in [5.41, 5.74) is 29.2. The third-order valence-electron chi connectivity index (χ3n) is 25.6. The number of benzene rings is 5. The highest BCUT2D eigenvalue weighted by Gasteiger charge is 2.33. The average Bonchev–Trinajstić information content (AvgIpc) is 1.57. The zero-order chi connectivity index (χ0) is 68.2. The molecule has 516 valence electrons. The SMILES string of the molecule is C1=CC2C(C3=CCCC=C3)=CC=C(Cc3ccc(C4CCC(C5CCC5)CC4)cc3)C2=C1.CCCC1CCC(c2ccc(CC3=CC=C(c4cccc(CC)c4)C4C=CC=C34)cc2)CC1.CCc1ccc(C2=CC=C(Cc3ccc(C4CCC(CCC(C)C)CC4)cc3)C3=CC=CC32)cc1. The van der Waals surface area contributed by atoms with Crippen LogP contribution in [0.3, 0.4) is 0 Å². The number of hydrogen-bond acceptors (Lipinski definition) is 0. The lowest BCUT2D eigenvalue weighted by atomic mass is 9.67. The van der Waals surface area contributed by atoms with Crippen LogP contribution < -0.4 is 0 Å². The van der Waals surface area contributed by atoms with Crippen molar-refractivity contribution in [3.63, 3.8) is 0 Å². The second kappa shape index (κ2) is 33.5. The zero-order valence-corrected chi connectivity index (χ0v) is 61.7. The fourth-order valence-electron chi connectivity index (χ4n) is 19.1. The minimum Gasteiger partial charge on any atom is -0.0836 e. The molecule has 5 aromatic rings. The monoisotopic (exact) mass is 1320 g/mol. The lowest BCUT2D eigenvalue weighted by molar-refractivity contribution is 0.154. The number of hydrogen-bond donors (Lipinski definition) is 0. The molecule has 16 rings (SSSR count). The maximum atomic E-state index is 2.44. The van der Waals surface area contributed by atoms with E-state index in [2.05, 4.69) is 265 Å². The predicted octanol–water partition coefficient (Wildman–Crippen LogP) is 27.2. The lowest BCUT2D eigenvalue weighted by Crippen LogP contribution is -2.25. The van der Waals surface area contributed by atoms with Gasteiger partial charge in [-0.3, -0.25) is 0 Å². The van der Waals surface area contributed by atoms with Crippen molar-refractivity contribution in [3.05, 3.63) is 331 Å². The molecule has 0 N–H and O–H groups in total. The standard InChI is InChI=1S/C35H42.C33H38.C32H36/c1-4-26-10-20-31(21-11-26)34-23-22-32(33-6-5-7-35(33)34)24-28-14-18-30(19-15-28)29-16-12-27(13-17-29)9-8-25(2)3;1-3-7-25-12-16-27(17-13-25)28-18-14-26(15-19-28)23-30-20-21-32(33-11-6-10-31(30)33)29-9-5-8-24(4-2)22-29;1-2-6-28(7-3-1)31-21-20-29(30-10-5-11-32(30)31)22-23-12-14-25(15-13-23)27-18-16-26(17-19-27)24-8-4-9-24/h5-7,10-11,14-15,18-23,25,27,29,35H,4,8-9,12-13,16-17,24H2,1-3H3;5-6,8-11,14-15,18-22,25,27,33H,3-4,7,12-13,16-17,23H2,1-2H3;2,5-7,10-15,20-21,24,26-27,32H,1,3-4,8-9,16-19,22H2. The van der Waals surface area contributed by atoms with Crippen molar-refractivity contribution in [1.29, 1.82) is 0 Å². The maximum Gasteiger partial charge on any atom is 0.0281 e.